The molecule has 0 bridgehead atoms. The second-order valence-corrected chi connectivity index (χ2v) is 4.04. The summed E-state index contributed by atoms with van der Waals surface area (Å²) in [5.74, 6) is 0. The number of hydrogen-bond acceptors (Lipinski definition) is 2. The third-order valence-corrected chi connectivity index (χ3v) is 3.15. The molecule has 0 aliphatic heterocycles. The van der Waals surface area contributed by atoms with Gasteiger partial charge in [-0.25, -0.2) is 0 Å². The molecule has 1 aromatic heterocycles. The number of aromatic nitrogens is 1. The Morgan fingerprint density at radius 1 is 1.58 bits per heavy atom. The summed E-state index contributed by atoms with van der Waals surface area (Å²) in [4.78, 5) is 4.05. The van der Waals surface area contributed by atoms with Crippen LogP contribution >= 0.6 is 15.9 Å². The first-order valence-corrected chi connectivity index (χ1v) is 4.87. The minimum atomic E-state index is 0.238. The minimum Gasteiger partial charge on any atom is -0.310 e. The Balaban J connectivity index is 2.40. The van der Waals surface area contributed by atoms with Crippen molar-refractivity contribution in [3.63, 3.8) is 0 Å². The lowest BCUT2D eigenvalue weighted by Crippen LogP contribution is -2.24. The second-order valence-electron chi connectivity index (χ2n) is 3.19. The molecule has 12 heavy (non-hydrogen) atoms. The van der Waals surface area contributed by atoms with Crippen LogP contribution in [0.15, 0.2) is 22.9 Å². The number of rotatable bonds is 2. The molecule has 1 N–H and O–H groups in total. The zero-order valence-electron chi connectivity index (χ0n) is 6.97. The fraction of sp³-hybridized carbons (Fsp3) is 0.444. The van der Waals surface area contributed by atoms with E-state index in [2.05, 4.69) is 32.3 Å². The maximum atomic E-state index is 4.05. The predicted octanol–water partition coefficient (Wildman–Crippen LogP) is 2.05. The lowest BCUT2D eigenvalue weighted by molar-refractivity contribution is 0.582. The molecule has 0 atom stereocenters. The summed E-state index contributed by atoms with van der Waals surface area (Å²) < 4.78 is 1.11. The van der Waals surface area contributed by atoms with Gasteiger partial charge in [0.05, 0.1) is 0 Å². The second kappa shape index (κ2) is 2.82. The van der Waals surface area contributed by atoms with Crippen LogP contribution in [-0.2, 0) is 5.54 Å². The van der Waals surface area contributed by atoms with Crippen LogP contribution in [-0.4, -0.2) is 12.0 Å². The monoisotopic (exact) mass is 226 g/mol. The minimum absolute atomic E-state index is 0.238. The van der Waals surface area contributed by atoms with Crippen molar-refractivity contribution in [3.05, 3.63) is 28.5 Å². The van der Waals surface area contributed by atoms with Gasteiger partial charge in [-0.3, -0.25) is 4.98 Å². The van der Waals surface area contributed by atoms with Gasteiger partial charge in [-0.2, -0.15) is 0 Å². The fourth-order valence-corrected chi connectivity index (χ4v) is 2.17. The Bertz CT molecular complexity index is 294. The molecule has 1 saturated carbocycles. The van der Waals surface area contributed by atoms with Gasteiger partial charge >= 0.3 is 0 Å². The molecular formula is C9H11BrN2. The average molecular weight is 227 g/mol. The fourth-order valence-electron chi connectivity index (χ4n) is 1.54. The lowest BCUT2D eigenvalue weighted by atomic mass is 10.1. The van der Waals surface area contributed by atoms with Crippen LogP contribution in [0.25, 0.3) is 0 Å². The topological polar surface area (TPSA) is 24.9 Å². The quantitative estimate of drug-likeness (QED) is 0.836. The van der Waals surface area contributed by atoms with Gasteiger partial charge < -0.3 is 5.32 Å². The number of nitrogens with zero attached hydrogens (tertiary/aromatic N) is 1. The lowest BCUT2D eigenvalue weighted by Gasteiger charge is -2.15. The molecule has 0 unspecified atom stereocenters. The van der Waals surface area contributed by atoms with E-state index < -0.39 is 0 Å². The van der Waals surface area contributed by atoms with Gasteiger partial charge in [0.2, 0.25) is 0 Å². The molecule has 0 saturated heterocycles. The van der Waals surface area contributed by atoms with Crippen LogP contribution in [0.5, 0.6) is 0 Å². The Hall–Kier alpha value is -0.410. The van der Waals surface area contributed by atoms with Gasteiger partial charge in [0.1, 0.15) is 0 Å². The first-order valence-electron chi connectivity index (χ1n) is 4.07. The van der Waals surface area contributed by atoms with E-state index in [0.717, 1.165) is 4.47 Å². The highest BCUT2D eigenvalue weighted by atomic mass is 79.9. The van der Waals surface area contributed by atoms with E-state index in [1.165, 1.54) is 18.4 Å². The highest BCUT2D eigenvalue weighted by Gasteiger charge is 2.43. The Morgan fingerprint density at radius 2 is 2.33 bits per heavy atom. The summed E-state index contributed by atoms with van der Waals surface area (Å²) in [6.07, 6.45) is 6.16. The van der Waals surface area contributed by atoms with E-state index in [1.807, 2.05) is 19.4 Å². The maximum Gasteiger partial charge on any atom is 0.0446 e. The smallest absolute Gasteiger partial charge is 0.0446 e. The van der Waals surface area contributed by atoms with E-state index in [1.54, 1.807) is 0 Å². The van der Waals surface area contributed by atoms with Crippen LogP contribution < -0.4 is 5.32 Å². The van der Waals surface area contributed by atoms with Crippen molar-refractivity contribution >= 4 is 15.9 Å². The molecule has 2 rings (SSSR count). The predicted molar refractivity (Wildman–Crippen MR) is 51.9 cm³/mol. The number of pyridine rings is 1. The van der Waals surface area contributed by atoms with Crippen molar-refractivity contribution in [1.29, 1.82) is 0 Å². The van der Waals surface area contributed by atoms with Crippen LogP contribution in [0.1, 0.15) is 18.4 Å². The molecule has 1 aromatic rings. The first kappa shape index (κ1) is 8.20. The van der Waals surface area contributed by atoms with E-state index in [9.17, 15) is 0 Å². The van der Waals surface area contributed by atoms with Crippen molar-refractivity contribution in [2.24, 2.45) is 0 Å². The van der Waals surface area contributed by atoms with Crippen molar-refractivity contribution in [2.75, 3.05) is 7.05 Å². The SMILES string of the molecule is CNC1(c2ccncc2Br)CC1. The third kappa shape index (κ3) is 1.17. The van der Waals surface area contributed by atoms with E-state index in [0.29, 0.717) is 0 Å². The summed E-state index contributed by atoms with van der Waals surface area (Å²) in [6.45, 7) is 0. The van der Waals surface area contributed by atoms with Crippen LogP contribution in [0.3, 0.4) is 0 Å². The summed E-state index contributed by atoms with van der Waals surface area (Å²) in [6, 6.07) is 2.08. The summed E-state index contributed by atoms with van der Waals surface area (Å²) in [5.41, 5.74) is 1.57. The number of halogens is 1. The molecular weight excluding hydrogens is 216 g/mol. The van der Waals surface area contributed by atoms with Crippen LogP contribution in [0.2, 0.25) is 0 Å². The van der Waals surface area contributed by atoms with Gasteiger partial charge in [-0.05, 0) is 47.4 Å². The normalized spacial score (nSPS) is 19.2. The molecule has 1 fully saturated rings. The highest BCUT2D eigenvalue weighted by Crippen LogP contribution is 2.47. The molecule has 0 amide bonds. The molecule has 2 nitrogen and oxygen atoms in total. The van der Waals surface area contributed by atoms with Gasteiger partial charge in [-0.1, -0.05) is 0 Å². The van der Waals surface area contributed by atoms with Crippen molar-refractivity contribution in [1.82, 2.24) is 10.3 Å². The molecule has 1 aliphatic rings. The van der Waals surface area contributed by atoms with E-state index >= 15 is 0 Å². The summed E-state index contributed by atoms with van der Waals surface area (Å²) in [5, 5.41) is 3.35. The van der Waals surface area contributed by atoms with Crippen LogP contribution in [0, 0.1) is 0 Å². The molecule has 3 heteroatoms. The molecule has 1 heterocycles. The van der Waals surface area contributed by atoms with Crippen molar-refractivity contribution in [3.8, 4) is 0 Å². The Kier molecular flexibility index (Phi) is 1.93. The van der Waals surface area contributed by atoms with Crippen molar-refractivity contribution < 1.29 is 0 Å². The zero-order valence-corrected chi connectivity index (χ0v) is 8.56. The summed E-state index contributed by atoms with van der Waals surface area (Å²) in [7, 11) is 2.01. The highest BCUT2D eigenvalue weighted by molar-refractivity contribution is 9.10. The molecule has 1 aliphatic carbocycles. The molecule has 0 aromatic carbocycles. The molecule has 0 spiro atoms. The molecule has 64 valence electrons. The average Bonchev–Trinajstić information content (AvgIpc) is 2.86. The first-order chi connectivity index (χ1) is 5.78. The zero-order chi connectivity index (χ0) is 8.60. The van der Waals surface area contributed by atoms with Gasteiger partial charge in [0.15, 0.2) is 0 Å². The van der Waals surface area contributed by atoms with E-state index in [-0.39, 0.29) is 5.54 Å². The number of nitrogens with one attached hydrogen (secondary N) is 1. The Labute approximate surface area is 80.5 Å². The van der Waals surface area contributed by atoms with Gasteiger partial charge in [0, 0.05) is 22.4 Å². The largest absolute Gasteiger partial charge is 0.310 e. The van der Waals surface area contributed by atoms with Crippen LogP contribution in [0.4, 0.5) is 0 Å². The van der Waals surface area contributed by atoms with Crippen molar-refractivity contribution in [2.45, 2.75) is 18.4 Å². The molecule has 0 radical (unpaired) electrons. The maximum absolute atomic E-state index is 4.05. The third-order valence-electron chi connectivity index (χ3n) is 2.52. The van der Waals surface area contributed by atoms with Gasteiger partial charge in [0.25, 0.3) is 0 Å². The van der Waals surface area contributed by atoms with E-state index in [4.69, 9.17) is 0 Å². The Morgan fingerprint density at radius 3 is 2.83 bits per heavy atom. The summed E-state index contributed by atoms with van der Waals surface area (Å²) >= 11 is 3.51. The standard InChI is InChI=1S/C9H11BrN2/c1-11-9(3-4-9)7-2-5-12-6-8(7)10/h2,5-6,11H,3-4H2,1H3. The van der Waals surface area contributed by atoms with Gasteiger partial charge in [-0.15, -0.1) is 0 Å². The number of hydrogen-bond donors (Lipinski definition) is 1.